The number of thioether (sulfide) groups is 1. The Morgan fingerprint density at radius 3 is 2.66 bits per heavy atom. The van der Waals surface area contributed by atoms with Gasteiger partial charge in [0.1, 0.15) is 16.5 Å². The van der Waals surface area contributed by atoms with Crippen molar-refractivity contribution in [3.8, 4) is 11.3 Å². The Labute approximate surface area is 211 Å². The van der Waals surface area contributed by atoms with Crippen LogP contribution in [0.4, 0.5) is 5.69 Å². The molecule has 3 aromatic rings. The van der Waals surface area contributed by atoms with Crippen molar-refractivity contribution in [2.75, 3.05) is 0 Å². The highest BCUT2D eigenvalue weighted by Gasteiger charge is 2.24. The van der Waals surface area contributed by atoms with Gasteiger partial charge in [-0.15, -0.1) is 5.10 Å². The summed E-state index contributed by atoms with van der Waals surface area (Å²) >= 11 is 12.7. The first-order chi connectivity index (χ1) is 16.7. The summed E-state index contributed by atoms with van der Waals surface area (Å²) in [6, 6.07) is 11.9. The fourth-order valence-corrected chi connectivity index (χ4v) is 4.07. The van der Waals surface area contributed by atoms with Crippen LogP contribution >= 0.6 is 35.0 Å². The summed E-state index contributed by atoms with van der Waals surface area (Å²) in [6.07, 6.45) is 2.80. The lowest BCUT2D eigenvalue weighted by atomic mass is 10.1. The van der Waals surface area contributed by atoms with E-state index in [2.05, 4.69) is 15.5 Å². The van der Waals surface area contributed by atoms with Crippen LogP contribution in [0.5, 0.6) is 0 Å². The number of nitro benzene ring substituents is 1. The Kier molecular flexibility index (Phi) is 7.01. The number of aromatic carboxylic acids is 1. The molecular formula is C22H12Cl2N4O6S. The van der Waals surface area contributed by atoms with E-state index < -0.39 is 16.8 Å². The molecular weight excluding hydrogens is 519 g/mol. The van der Waals surface area contributed by atoms with Crippen LogP contribution in [0.1, 0.15) is 21.7 Å². The largest absolute Gasteiger partial charge is 0.478 e. The van der Waals surface area contributed by atoms with Crippen LogP contribution in [-0.2, 0) is 4.79 Å². The SMILES string of the molecule is O=C1N/C(=N\N=C\c2ccc(Cl)c([N+](=O)[O-])c2)S/C1=C/c1ccc(-c2ccc(Cl)c(C(=O)O)c2)o1. The highest BCUT2D eigenvalue weighted by atomic mass is 35.5. The topological polar surface area (TPSA) is 147 Å². The molecule has 2 N–H and O–H groups in total. The Balaban J connectivity index is 1.48. The molecule has 0 saturated carbocycles. The van der Waals surface area contributed by atoms with Crippen molar-refractivity contribution in [2.45, 2.75) is 0 Å². The van der Waals surface area contributed by atoms with E-state index in [1.807, 2.05) is 0 Å². The van der Waals surface area contributed by atoms with E-state index in [9.17, 15) is 24.8 Å². The number of hydrogen-bond acceptors (Lipinski definition) is 8. The number of rotatable bonds is 6. The lowest BCUT2D eigenvalue weighted by Gasteiger charge is -2.02. The molecule has 1 fully saturated rings. The Hall–Kier alpha value is -3.93. The smallest absolute Gasteiger partial charge is 0.337 e. The summed E-state index contributed by atoms with van der Waals surface area (Å²) in [4.78, 5) is 34.2. The average Bonchev–Trinajstić information content (AvgIpc) is 3.41. The van der Waals surface area contributed by atoms with Crippen molar-refractivity contribution < 1.29 is 24.0 Å². The molecule has 13 heteroatoms. The minimum atomic E-state index is -1.16. The number of amidine groups is 1. The molecule has 0 unspecified atom stereocenters. The summed E-state index contributed by atoms with van der Waals surface area (Å²) in [7, 11) is 0. The summed E-state index contributed by atoms with van der Waals surface area (Å²) in [6.45, 7) is 0. The van der Waals surface area contributed by atoms with Crippen molar-refractivity contribution in [2.24, 2.45) is 10.2 Å². The summed E-state index contributed by atoms with van der Waals surface area (Å²) < 4.78 is 5.73. The normalized spacial score (nSPS) is 15.8. The van der Waals surface area contributed by atoms with Gasteiger partial charge in [0, 0.05) is 23.3 Å². The first-order valence-corrected chi connectivity index (χ1v) is 11.2. The number of benzene rings is 2. The summed E-state index contributed by atoms with van der Waals surface area (Å²) in [5, 5.41) is 30.9. The molecule has 35 heavy (non-hydrogen) atoms. The number of halogens is 2. The zero-order valence-corrected chi connectivity index (χ0v) is 19.6. The molecule has 1 saturated heterocycles. The second-order valence-corrected chi connectivity index (χ2v) is 8.73. The number of furan rings is 1. The molecule has 1 aliphatic heterocycles. The number of nitrogens with one attached hydrogen (secondary N) is 1. The highest BCUT2D eigenvalue weighted by Crippen LogP contribution is 2.30. The van der Waals surface area contributed by atoms with Crippen LogP contribution in [-0.4, -0.2) is 33.3 Å². The quantitative estimate of drug-likeness (QED) is 0.186. The van der Waals surface area contributed by atoms with Crippen molar-refractivity contribution in [1.29, 1.82) is 0 Å². The Morgan fingerprint density at radius 2 is 1.91 bits per heavy atom. The molecule has 176 valence electrons. The van der Waals surface area contributed by atoms with Crippen molar-refractivity contribution in [1.82, 2.24) is 5.32 Å². The van der Waals surface area contributed by atoms with Gasteiger partial charge in [-0.2, -0.15) is 5.10 Å². The summed E-state index contributed by atoms with van der Waals surface area (Å²) in [5.74, 6) is -0.810. The van der Waals surface area contributed by atoms with Crippen molar-refractivity contribution >= 4 is 70.0 Å². The first kappa shape index (κ1) is 24.2. The van der Waals surface area contributed by atoms with Gasteiger partial charge in [0.05, 0.1) is 26.6 Å². The number of hydrogen-bond donors (Lipinski definition) is 2. The van der Waals surface area contributed by atoms with Gasteiger partial charge in [0.25, 0.3) is 11.6 Å². The maximum Gasteiger partial charge on any atom is 0.337 e. The third-order valence-electron chi connectivity index (χ3n) is 4.55. The van der Waals surface area contributed by atoms with E-state index in [-0.39, 0.29) is 26.5 Å². The number of nitro groups is 1. The van der Waals surface area contributed by atoms with Crippen LogP contribution < -0.4 is 5.32 Å². The van der Waals surface area contributed by atoms with Crippen LogP contribution in [0.15, 0.2) is 68.1 Å². The molecule has 2 heterocycles. The number of nitrogens with zero attached hydrogens (tertiary/aromatic N) is 3. The fourth-order valence-electron chi connectivity index (χ4n) is 2.93. The highest BCUT2D eigenvalue weighted by molar-refractivity contribution is 8.18. The Bertz CT molecular complexity index is 1460. The standard InChI is InChI=1S/C22H12Cl2N4O6S/c23-15-5-2-12(8-14(15)21(30)31)18-6-3-13(34-18)9-19-20(29)26-22(35-19)27-25-10-11-1-4-16(24)17(7-11)28(32)33/h1-10H,(H,30,31)(H,26,27,29)/b19-9+,25-10+. The van der Waals surface area contributed by atoms with Crippen LogP contribution in [0.3, 0.4) is 0 Å². The number of carbonyl (C=O) groups excluding carboxylic acids is 1. The zero-order valence-electron chi connectivity index (χ0n) is 17.3. The zero-order chi connectivity index (χ0) is 25.1. The van der Waals surface area contributed by atoms with Gasteiger partial charge in [0.2, 0.25) is 0 Å². The number of amides is 1. The maximum atomic E-state index is 12.3. The lowest BCUT2D eigenvalue weighted by Crippen LogP contribution is -2.19. The molecule has 10 nitrogen and oxygen atoms in total. The minimum absolute atomic E-state index is 0.00586. The third-order valence-corrected chi connectivity index (χ3v) is 6.10. The second kappa shape index (κ2) is 10.1. The fraction of sp³-hybridized carbons (Fsp3) is 0. The third kappa shape index (κ3) is 5.60. The van der Waals surface area contributed by atoms with Gasteiger partial charge in [0.15, 0.2) is 5.17 Å². The van der Waals surface area contributed by atoms with Crippen LogP contribution in [0, 0.1) is 10.1 Å². The Morgan fingerprint density at radius 1 is 1.14 bits per heavy atom. The van der Waals surface area contributed by atoms with E-state index >= 15 is 0 Å². The average molecular weight is 531 g/mol. The van der Waals surface area contributed by atoms with Gasteiger partial charge in [-0.3, -0.25) is 20.2 Å². The van der Waals surface area contributed by atoms with Gasteiger partial charge in [-0.1, -0.05) is 29.3 Å². The maximum absolute atomic E-state index is 12.3. The van der Waals surface area contributed by atoms with E-state index in [0.29, 0.717) is 27.6 Å². The second-order valence-electron chi connectivity index (χ2n) is 6.88. The number of carboxylic acid groups (broad SMARTS) is 1. The molecule has 2 aromatic carbocycles. The lowest BCUT2D eigenvalue weighted by molar-refractivity contribution is -0.384. The molecule has 1 aliphatic rings. The van der Waals surface area contributed by atoms with Crippen LogP contribution in [0.25, 0.3) is 17.4 Å². The molecule has 0 bridgehead atoms. The predicted molar refractivity (Wildman–Crippen MR) is 133 cm³/mol. The van der Waals surface area contributed by atoms with Gasteiger partial charge < -0.3 is 9.52 Å². The molecule has 0 radical (unpaired) electrons. The molecule has 0 spiro atoms. The van der Waals surface area contributed by atoms with E-state index in [4.69, 9.17) is 27.6 Å². The predicted octanol–water partition coefficient (Wildman–Crippen LogP) is 5.45. The molecule has 0 aliphatic carbocycles. The van der Waals surface area contributed by atoms with Gasteiger partial charge in [-0.25, -0.2) is 4.79 Å². The van der Waals surface area contributed by atoms with Gasteiger partial charge >= 0.3 is 5.97 Å². The van der Waals surface area contributed by atoms with Crippen LogP contribution in [0.2, 0.25) is 10.0 Å². The number of carbonyl (C=O) groups is 2. The van der Waals surface area contributed by atoms with Crippen molar-refractivity contribution in [3.05, 3.63) is 90.5 Å². The van der Waals surface area contributed by atoms with E-state index in [0.717, 1.165) is 11.8 Å². The van der Waals surface area contributed by atoms with Gasteiger partial charge in [-0.05, 0) is 48.2 Å². The summed E-state index contributed by atoms with van der Waals surface area (Å²) in [5.41, 5.74) is 0.611. The van der Waals surface area contributed by atoms with Crippen molar-refractivity contribution in [3.63, 3.8) is 0 Å². The molecule has 4 rings (SSSR count). The molecule has 1 amide bonds. The minimum Gasteiger partial charge on any atom is -0.478 e. The monoisotopic (exact) mass is 530 g/mol. The molecule has 0 atom stereocenters. The van der Waals surface area contributed by atoms with E-state index in [1.165, 1.54) is 36.6 Å². The van der Waals surface area contributed by atoms with E-state index in [1.54, 1.807) is 24.3 Å². The number of carboxylic acids is 1. The first-order valence-electron chi connectivity index (χ1n) is 9.60. The molecule has 1 aromatic heterocycles.